The average Bonchev–Trinajstić information content (AvgIpc) is 3.14. The second-order valence-electron chi connectivity index (χ2n) is 5.38. The highest BCUT2D eigenvalue weighted by Gasteiger charge is 2.41. The molecule has 2 rings (SSSR count). The predicted molar refractivity (Wildman–Crippen MR) is 68.7 cm³/mol. The molecule has 0 radical (unpaired) electrons. The number of hydrogen-bond acceptors (Lipinski definition) is 4. The Morgan fingerprint density at radius 2 is 1.95 bits per heavy atom. The maximum atomic E-state index is 12.1. The first-order chi connectivity index (χ1) is 9.54. The lowest BCUT2D eigenvalue weighted by Crippen LogP contribution is -2.51. The summed E-state index contributed by atoms with van der Waals surface area (Å²) < 4.78 is 0. The number of carboxylic acids is 1. The minimum absolute atomic E-state index is 0.0108. The summed E-state index contributed by atoms with van der Waals surface area (Å²) in [5, 5.41) is 20.2. The van der Waals surface area contributed by atoms with Crippen LogP contribution in [-0.4, -0.2) is 58.1 Å². The summed E-state index contributed by atoms with van der Waals surface area (Å²) in [6.45, 7) is 0.248. The molecule has 20 heavy (non-hydrogen) atoms. The molecular weight excluding hydrogens is 264 g/mol. The molecule has 2 amide bonds. The van der Waals surface area contributed by atoms with Crippen molar-refractivity contribution in [1.82, 2.24) is 10.2 Å². The van der Waals surface area contributed by atoms with Crippen LogP contribution in [0, 0.1) is 5.92 Å². The van der Waals surface area contributed by atoms with E-state index < -0.39 is 24.0 Å². The van der Waals surface area contributed by atoms with Gasteiger partial charge in [0.1, 0.15) is 12.1 Å². The van der Waals surface area contributed by atoms with Crippen LogP contribution >= 0.6 is 0 Å². The van der Waals surface area contributed by atoms with Crippen molar-refractivity contribution < 1.29 is 24.6 Å². The van der Waals surface area contributed by atoms with E-state index in [4.69, 9.17) is 10.2 Å². The second-order valence-corrected chi connectivity index (χ2v) is 5.38. The Kier molecular flexibility index (Phi) is 4.59. The molecule has 2 aliphatic rings. The molecule has 0 aromatic carbocycles. The number of carbonyl (C=O) groups excluding carboxylic acids is 2. The highest BCUT2D eigenvalue weighted by molar-refractivity contribution is 5.92. The molecule has 0 bridgehead atoms. The van der Waals surface area contributed by atoms with Crippen molar-refractivity contribution in [2.75, 3.05) is 13.2 Å². The van der Waals surface area contributed by atoms with Crippen molar-refractivity contribution in [2.24, 2.45) is 5.92 Å². The largest absolute Gasteiger partial charge is 0.480 e. The monoisotopic (exact) mass is 284 g/mol. The molecule has 1 unspecified atom stereocenters. The van der Waals surface area contributed by atoms with Crippen molar-refractivity contribution in [3.8, 4) is 0 Å². The number of aliphatic hydroxyl groups is 1. The van der Waals surface area contributed by atoms with E-state index in [0.717, 1.165) is 19.3 Å². The summed E-state index contributed by atoms with van der Waals surface area (Å²) in [6, 6.07) is -1.67. The van der Waals surface area contributed by atoms with E-state index in [2.05, 4.69) is 5.32 Å². The lowest BCUT2D eigenvalue weighted by Gasteiger charge is -2.25. The van der Waals surface area contributed by atoms with E-state index in [9.17, 15) is 14.4 Å². The molecule has 2 fully saturated rings. The van der Waals surface area contributed by atoms with Crippen molar-refractivity contribution in [3.63, 3.8) is 0 Å². The average molecular weight is 284 g/mol. The van der Waals surface area contributed by atoms with Crippen molar-refractivity contribution in [2.45, 2.75) is 44.2 Å². The normalized spacial score (nSPS) is 23.4. The molecule has 0 spiro atoms. The number of aliphatic carboxylic acids is 1. The third kappa shape index (κ3) is 3.27. The van der Waals surface area contributed by atoms with Gasteiger partial charge in [-0.2, -0.15) is 0 Å². The standard InChI is InChI=1S/C13H20N2O5/c16-7-5-9(13(19)20)14-11(17)10-2-1-6-15(10)12(18)8-3-4-8/h8-10,16H,1-7H2,(H,14,17)(H,19,20)/t9-,10?/m0/s1. The number of hydrogen-bond donors (Lipinski definition) is 3. The highest BCUT2D eigenvalue weighted by atomic mass is 16.4. The van der Waals surface area contributed by atoms with Gasteiger partial charge >= 0.3 is 5.97 Å². The van der Waals surface area contributed by atoms with Gasteiger partial charge in [-0.1, -0.05) is 0 Å². The molecular formula is C13H20N2O5. The minimum atomic E-state index is -1.18. The number of aliphatic hydroxyl groups excluding tert-OH is 1. The zero-order valence-electron chi connectivity index (χ0n) is 11.2. The quantitative estimate of drug-likeness (QED) is 0.600. The number of rotatable bonds is 6. The summed E-state index contributed by atoms with van der Waals surface area (Å²) in [5.74, 6) is -1.55. The van der Waals surface area contributed by atoms with Crippen LogP contribution in [-0.2, 0) is 14.4 Å². The van der Waals surface area contributed by atoms with Crippen molar-refractivity contribution in [1.29, 1.82) is 0 Å². The van der Waals surface area contributed by atoms with Gasteiger partial charge in [-0.3, -0.25) is 9.59 Å². The van der Waals surface area contributed by atoms with Gasteiger partial charge in [-0.05, 0) is 25.7 Å². The van der Waals surface area contributed by atoms with Crippen molar-refractivity contribution >= 4 is 17.8 Å². The van der Waals surface area contributed by atoms with Gasteiger partial charge in [-0.15, -0.1) is 0 Å². The number of nitrogens with one attached hydrogen (secondary N) is 1. The fourth-order valence-corrected chi connectivity index (χ4v) is 2.52. The Morgan fingerprint density at radius 1 is 1.25 bits per heavy atom. The van der Waals surface area contributed by atoms with Gasteiger partial charge < -0.3 is 20.4 Å². The minimum Gasteiger partial charge on any atom is -0.480 e. The van der Waals surface area contributed by atoms with Gasteiger partial charge in [0, 0.05) is 25.5 Å². The SMILES string of the molecule is O=C(N[C@@H](CCO)C(=O)O)C1CCCN1C(=O)C1CC1. The Bertz CT molecular complexity index is 408. The summed E-state index contributed by atoms with van der Waals surface area (Å²) in [7, 11) is 0. The Morgan fingerprint density at radius 3 is 2.50 bits per heavy atom. The van der Waals surface area contributed by atoms with Crippen LogP contribution in [0.5, 0.6) is 0 Å². The third-order valence-electron chi connectivity index (χ3n) is 3.80. The van der Waals surface area contributed by atoms with Crippen molar-refractivity contribution in [3.05, 3.63) is 0 Å². The molecule has 2 atom stereocenters. The molecule has 1 heterocycles. The van der Waals surface area contributed by atoms with Crippen LogP contribution < -0.4 is 5.32 Å². The molecule has 7 nitrogen and oxygen atoms in total. The van der Waals surface area contributed by atoms with Crippen LogP contribution in [0.4, 0.5) is 0 Å². The van der Waals surface area contributed by atoms with Crippen LogP contribution in [0.2, 0.25) is 0 Å². The van der Waals surface area contributed by atoms with Gasteiger partial charge in [0.15, 0.2) is 0 Å². The van der Waals surface area contributed by atoms with Crippen LogP contribution in [0.15, 0.2) is 0 Å². The van der Waals surface area contributed by atoms with E-state index in [1.165, 1.54) is 0 Å². The summed E-state index contributed by atoms with van der Waals surface area (Å²) in [4.78, 5) is 36.7. The Labute approximate surface area is 116 Å². The highest BCUT2D eigenvalue weighted by Crippen LogP contribution is 2.33. The van der Waals surface area contributed by atoms with Gasteiger partial charge in [0.2, 0.25) is 11.8 Å². The molecule has 112 valence electrons. The molecule has 1 aliphatic carbocycles. The summed E-state index contributed by atoms with van der Waals surface area (Å²) in [5.41, 5.74) is 0. The maximum Gasteiger partial charge on any atom is 0.326 e. The Balaban J connectivity index is 1.96. The van der Waals surface area contributed by atoms with Crippen LogP contribution in [0.25, 0.3) is 0 Å². The van der Waals surface area contributed by atoms with Gasteiger partial charge in [0.05, 0.1) is 0 Å². The molecule has 3 N–H and O–H groups in total. The first kappa shape index (κ1) is 14.8. The van der Waals surface area contributed by atoms with Crippen LogP contribution in [0.3, 0.4) is 0 Å². The number of amides is 2. The lowest BCUT2D eigenvalue weighted by atomic mass is 10.1. The molecule has 1 aliphatic heterocycles. The van der Waals surface area contributed by atoms with E-state index >= 15 is 0 Å². The molecule has 1 saturated heterocycles. The zero-order valence-corrected chi connectivity index (χ0v) is 11.2. The lowest BCUT2D eigenvalue weighted by molar-refractivity contribution is -0.144. The fraction of sp³-hybridized carbons (Fsp3) is 0.769. The third-order valence-corrected chi connectivity index (χ3v) is 3.80. The van der Waals surface area contributed by atoms with E-state index in [1.807, 2.05) is 0 Å². The predicted octanol–water partition coefficient (Wildman–Crippen LogP) is -0.661. The van der Waals surface area contributed by atoms with E-state index in [0.29, 0.717) is 13.0 Å². The summed E-state index contributed by atoms with van der Waals surface area (Å²) >= 11 is 0. The number of carboxylic acid groups (broad SMARTS) is 1. The maximum absolute atomic E-state index is 12.1. The second kappa shape index (κ2) is 6.21. The van der Waals surface area contributed by atoms with Crippen LogP contribution in [0.1, 0.15) is 32.1 Å². The summed E-state index contributed by atoms with van der Waals surface area (Å²) in [6.07, 6.45) is 3.05. The zero-order chi connectivity index (χ0) is 14.7. The number of likely N-dealkylation sites (tertiary alicyclic amines) is 1. The van der Waals surface area contributed by atoms with E-state index in [1.54, 1.807) is 4.90 Å². The smallest absolute Gasteiger partial charge is 0.326 e. The molecule has 7 heteroatoms. The fourth-order valence-electron chi connectivity index (χ4n) is 2.52. The van der Waals surface area contributed by atoms with Gasteiger partial charge in [-0.25, -0.2) is 4.79 Å². The molecule has 1 saturated carbocycles. The van der Waals surface area contributed by atoms with Gasteiger partial charge in [0.25, 0.3) is 0 Å². The Hall–Kier alpha value is -1.63. The topological polar surface area (TPSA) is 107 Å². The van der Waals surface area contributed by atoms with E-state index in [-0.39, 0.29) is 24.9 Å². The number of nitrogens with zero attached hydrogens (tertiary/aromatic N) is 1. The molecule has 0 aromatic heterocycles. The first-order valence-electron chi connectivity index (χ1n) is 6.99. The first-order valence-corrected chi connectivity index (χ1v) is 6.99. The number of carbonyl (C=O) groups is 3. The molecule has 0 aromatic rings.